The highest BCUT2D eigenvalue weighted by Gasteiger charge is 1.95. The fraction of sp³-hybridized carbons (Fsp3) is 0.312. The molecule has 0 amide bonds. The molecular weight excluding hydrogens is 288 g/mol. The van der Waals surface area contributed by atoms with Crippen molar-refractivity contribution in [1.82, 2.24) is 10.3 Å². The summed E-state index contributed by atoms with van der Waals surface area (Å²) in [6.45, 7) is 2.44. The minimum atomic E-state index is 0. The molecule has 0 atom stereocenters. The molecule has 0 aliphatic heterocycles. The molecule has 114 valence electrons. The van der Waals surface area contributed by atoms with Crippen LogP contribution in [0.5, 0.6) is 11.6 Å². The van der Waals surface area contributed by atoms with Gasteiger partial charge in [0.05, 0.1) is 13.7 Å². The summed E-state index contributed by atoms with van der Waals surface area (Å²) in [5.41, 5.74) is 1.25. The maximum atomic E-state index is 5.52. The van der Waals surface area contributed by atoms with Crippen LogP contribution < -0.4 is 14.8 Å². The lowest BCUT2D eigenvalue weighted by atomic mass is 10.2. The van der Waals surface area contributed by atoms with Crippen molar-refractivity contribution in [3.8, 4) is 11.6 Å². The number of nitrogens with zero attached hydrogens (tertiary/aromatic N) is 1. The summed E-state index contributed by atoms with van der Waals surface area (Å²) in [4.78, 5) is 4.11. The number of hydrogen-bond acceptors (Lipinski definition) is 4. The quantitative estimate of drug-likeness (QED) is 0.761. The highest BCUT2D eigenvalue weighted by molar-refractivity contribution is 5.85. The second-order valence-corrected chi connectivity index (χ2v) is 4.39. The third kappa shape index (κ3) is 6.47. The van der Waals surface area contributed by atoms with E-state index < -0.39 is 0 Å². The second-order valence-electron chi connectivity index (χ2n) is 4.39. The van der Waals surface area contributed by atoms with E-state index in [1.807, 2.05) is 30.3 Å². The van der Waals surface area contributed by atoms with Crippen molar-refractivity contribution in [2.75, 3.05) is 20.3 Å². The van der Waals surface area contributed by atoms with Crippen LogP contribution in [0, 0.1) is 0 Å². The Hall–Kier alpha value is -1.78. The van der Waals surface area contributed by atoms with Crippen molar-refractivity contribution in [3.63, 3.8) is 0 Å². The van der Waals surface area contributed by atoms with Gasteiger partial charge < -0.3 is 14.8 Å². The SMILES string of the molecule is COc1ccc(CNCCCOc2ccccn2)cc1.Cl. The molecule has 0 saturated heterocycles. The maximum Gasteiger partial charge on any atom is 0.213 e. The van der Waals surface area contributed by atoms with Crippen molar-refractivity contribution in [2.45, 2.75) is 13.0 Å². The molecule has 1 heterocycles. The third-order valence-corrected chi connectivity index (χ3v) is 2.87. The van der Waals surface area contributed by atoms with Crippen LogP contribution in [-0.4, -0.2) is 25.2 Å². The van der Waals surface area contributed by atoms with E-state index in [0.717, 1.165) is 25.3 Å². The molecule has 0 unspecified atom stereocenters. The van der Waals surface area contributed by atoms with Gasteiger partial charge in [-0.05, 0) is 36.7 Å². The van der Waals surface area contributed by atoms with E-state index in [9.17, 15) is 0 Å². The predicted octanol–water partition coefficient (Wildman–Crippen LogP) is 3.07. The first-order valence-electron chi connectivity index (χ1n) is 6.76. The van der Waals surface area contributed by atoms with Crippen molar-refractivity contribution < 1.29 is 9.47 Å². The van der Waals surface area contributed by atoms with Crippen LogP contribution in [0.2, 0.25) is 0 Å². The van der Waals surface area contributed by atoms with Crippen LogP contribution in [-0.2, 0) is 6.54 Å². The standard InChI is InChI=1S/C16H20N2O2.ClH/c1-19-15-8-6-14(7-9-15)13-17-10-4-12-20-16-5-2-3-11-18-16;/h2-3,5-9,11,17H,4,10,12-13H2,1H3;1H. The largest absolute Gasteiger partial charge is 0.497 e. The molecule has 1 N–H and O–H groups in total. The molecule has 0 aliphatic rings. The molecule has 1 aromatic heterocycles. The number of halogens is 1. The Bertz CT molecular complexity index is 491. The van der Waals surface area contributed by atoms with Gasteiger partial charge in [0, 0.05) is 18.8 Å². The molecule has 21 heavy (non-hydrogen) atoms. The van der Waals surface area contributed by atoms with Gasteiger partial charge in [0.25, 0.3) is 0 Å². The fourth-order valence-corrected chi connectivity index (χ4v) is 1.78. The maximum absolute atomic E-state index is 5.52. The van der Waals surface area contributed by atoms with E-state index in [2.05, 4.69) is 22.4 Å². The normalized spacial score (nSPS) is 9.76. The summed E-state index contributed by atoms with van der Waals surface area (Å²) in [6.07, 6.45) is 2.68. The molecule has 0 bridgehead atoms. The summed E-state index contributed by atoms with van der Waals surface area (Å²) < 4.78 is 10.6. The molecule has 0 saturated carbocycles. The number of hydrogen-bond donors (Lipinski definition) is 1. The highest BCUT2D eigenvalue weighted by atomic mass is 35.5. The van der Waals surface area contributed by atoms with Crippen LogP contribution in [0.1, 0.15) is 12.0 Å². The van der Waals surface area contributed by atoms with Crippen LogP contribution in [0.15, 0.2) is 48.7 Å². The minimum absolute atomic E-state index is 0. The molecule has 0 fully saturated rings. The molecule has 2 aromatic rings. The van der Waals surface area contributed by atoms with Crippen molar-refractivity contribution in [2.24, 2.45) is 0 Å². The Kier molecular flexibility index (Phi) is 8.24. The van der Waals surface area contributed by atoms with Gasteiger partial charge >= 0.3 is 0 Å². The molecule has 1 aromatic carbocycles. The van der Waals surface area contributed by atoms with E-state index >= 15 is 0 Å². The van der Waals surface area contributed by atoms with Gasteiger partial charge in [-0.1, -0.05) is 18.2 Å². The lowest BCUT2D eigenvalue weighted by molar-refractivity contribution is 0.296. The zero-order valence-electron chi connectivity index (χ0n) is 12.1. The van der Waals surface area contributed by atoms with E-state index in [4.69, 9.17) is 9.47 Å². The van der Waals surface area contributed by atoms with Gasteiger partial charge in [-0.3, -0.25) is 0 Å². The van der Waals surface area contributed by atoms with Gasteiger partial charge in [-0.2, -0.15) is 0 Å². The number of pyridine rings is 1. The molecule has 0 aliphatic carbocycles. The van der Waals surface area contributed by atoms with Crippen LogP contribution in [0.3, 0.4) is 0 Å². The predicted molar refractivity (Wildman–Crippen MR) is 86.3 cm³/mol. The monoisotopic (exact) mass is 308 g/mol. The Labute approximate surface area is 131 Å². The first-order chi connectivity index (χ1) is 9.88. The topological polar surface area (TPSA) is 43.4 Å². The Morgan fingerprint density at radius 2 is 1.90 bits per heavy atom. The summed E-state index contributed by atoms with van der Waals surface area (Å²) >= 11 is 0. The number of methoxy groups -OCH3 is 1. The van der Waals surface area contributed by atoms with Crippen molar-refractivity contribution in [1.29, 1.82) is 0 Å². The molecular formula is C16H21ClN2O2. The Balaban J connectivity index is 0.00000220. The minimum Gasteiger partial charge on any atom is -0.497 e. The van der Waals surface area contributed by atoms with E-state index in [1.165, 1.54) is 5.56 Å². The molecule has 0 radical (unpaired) electrons. The first-order valence-corrected chi connectivity index (χ1v) is 6.76. The van der Waals surface area contributed by atoms with Crippen LogP contribution >= 0.6 is 12.4 Å². The average molecular weight is 309 g/mol. The van der Waals surface area contributed by atoms with E-state index in [-0.39, 0.29) is 12.4 Å². The van der Waals surface area contributed by atoms with Gasteiger partial charge in [0.1, 0.15) is 5.75 Å². The Morgan fingerprint density at radius 1 is 1.10 bits per heavy atom. The molecule has 4 nitrogen and oxygen atoms in total. The van der Waals surface area contributed by atoms with Crippen LogP contribution in [0.4, 0.5) is 0 Å². The fourth-order valence-electron chi connectivity index (χ4n) is 1.78. The Morgan fingerprint density at radius 3 is 2.57 bits per heavy atom. The zero-order valence-corrected chi connectivity index (χ0v) is 12.9. The highest BCUT2D eigenvalue weighted by Crippen LogP contribution is 2.10. The van der Waals surface area contributed by atoms with Gasteiger partial charge in [-0.15, -0.1) is 12.4 Å². The summed E-state index contributed by atoms with van der Waals surface area (Å²) in [5, 5.41) is 3.38. The number of ether oxygens (including phenoxy) is 2. The van der Waals surface area contributed by atoms with Crippen molar-refractivity contribution >= 4 is 12.4 Å². The zero-order chi connectivity index (χ0) is 14.0. The van der Waals surface area contributed by atoms with Gasteiger partial charge in [-0.25, -0.2) is 4.98 Å². The third-order valence-electron chi connectivity index (χ3n) is 2.87. The average Bonchev–Trinajstić information content (AvgIpc) is 2.52. The van der Waals surface area contributed by atoms with E-state index in [1.54, 1.807) is 13.3 Å². The summed E-state index contributed by atoms with van der Waals surface area (Å²) in [7, 11) is 1.68. The number of aromatic nitrogens is 1. The van der Waals surface area contributed by atoms with Crippen LogP contribution in [0.25, 0.3) is 0 Å². The van der Waals surface area contributed by atoms with Gasteiger partial charge in [0.15, 0.2) is 0 Å². The van der Waals surface area contributed by atoms with E-state index in [0.29, 0.717) is 12.5 Å². The lowest BCUT2D eigenvalue weighted by Crippen LogP contribution is -2.17. The molecule has 0 spiro atoms. The van der Waals surface area contributed by atoms with Crippen molar-refractivity contribution in [3.05, 3.63) is 54.2 Å². The number of benzene rings is 1. The smallest absolute Gasteiger partial charge is 0.213 e. The second kappa shape index (κ2) is 10.0. The molecule has 2 rings (SSSR count). The number of nitrogens with one attached hydrogen (secondary N) is 1. The molecule has 5 heteroatoms. The number of rotatable bonds is 8. The lowest BCUT2D eigenvalue weighted by Gasteiger charge is -2.07. The summed E-state index contributed by atoms with van der Waals surface area (Å²) in [5.74, 6) is 1.57. The summed E-state index contributed by atoms with van der Waals surface area (Å²) in [6, 6.07) is 13.7. The first kappa shape index (κ1) is 17.3. The van der Waals surface area contributed by atoms with Gasteiger partial charge in [0.2, 0.25) is 5.88 Å².